The summed E-state index contributed by atoms with van der Waals surface area (Å²) in [4.78, 5) is 0. The molecule has 66 valence electrons. The van der Waals surface area contributed by atoms with Crippen molar-refractivity contribution in [2.45, 2.75) is 37.8 Å². The summed E-state index contributed by atoms with van der Waals surface area (Å²) >= 11 is 0. The van der Waals surface area contributed by atoms with Crippen molar-refractivity contribution in [3.8, 4) is 0 Å². The first kappa shape index (κ1) is 8.93. The molecule has 11 heavy (non-hydrogen) atoms. The fraction of sp³-hybridized carbons (Fsp3) is 1.00. The Morgan fingerprint density at radius 3 is 2.64 bits per heavy atom. The summed E-state index contributed by atoms with van der Waals surface area (Å²) in [5, 5.41) is 27.1. The molecule has 0 spiro atoms. The standard InChI is InChI=1S/C7H14O4/c1-4-2-5(9)7(10)6(3-8)11-4/h4-10H,2-3H2,1H3/t4-,5+,6+,7+/m0/s1. The third-order valence-corrected chi connectivity index (χ3v) is 1.94. The minimum Gasteiger partial charge on any atom is -0.394 e. The van der Waals surface area contributed by atoms with Crippen molar-refractivity contribution in [1.29, 1.82) is 0 Å². The Morgan fingerprint density at radius 2 is 2.09 bits per heavy atom. The zero-order valence-corrected chi connectivity index (χ0v) is 6.47. The molecule has 0 saturated carbocycles. The van der Waals surface area contributed by atoms with Crippen LogP contribution in [0.1, 0.15) is 13.3 Å². The fourth-order valence-electron chi connectivity index (χ4n) is 1.31. The summed E-state index contributed by atoms with van der Waals surface area (Å²) in [5.74, 6) is 0. The van der Waals surface area contributed by atoms with Crippen LogP contribution in [0.4, 0.5) is 0 Å². The molecule has 1 aliphatic heterocycles. The number of ether oxygens (including phenoxy) is 1. The van der Waals surface area contributed by atoms with E-state index in [4.69, 9.17) is 9.84 Å². The van der Waals surface area contributed by atoms with Crippen LogP contribution in [0, 0.1) is 0 Å². The van der Waals surface area contributed by atoms with Crippen LogP contribution in [0.5, 0.6) is 0 Å². The van der Waals surface area contributed by atoms with E-state index in [1.165, 1.54) is 0 Å². The highest BCUT2D eigenvalue weighted by atomic mass is 16.5. The normalized spacial score (nSPS) is 45.8. The summed E-state index contributed by atoms with van der Waals surface area (Å²) in [6.07, 6.45) is -2.01. The van der Waals surface area contributed by atoms with Gasteiger partial charge in [0.15, 0.2) is 0 Å². The maximum Gasteiger partial charge on any atom is 0.109 e. The third kappa shape index (κ3) is 1.90. The van der Waals surface area contributed by atoms with Crippen molar-refractivity contribution in [1.82, 2.24) is 0 Å². The average molecular weight is 162 g/mol. The average Bonchev–Trinajstić information content (AvgIpc) is 1.96. The van der Waals surface area contributed by atoms with Crippen molar-refractivity contribution in [3.63, 3.8) is 0 Å². The monoisotopic (exact) mass is 162 g/mol. The van der Waals surface area contributed by atoms with Crippen LogP contribution in [0.3, 0.4) is 0 Å². The van der Waals surface area contributed by atoms with Gasteiger partial charge in [-0.15, -0.1) is 0 Å². The van der Waals surface area contributed by atoms with Crippen molar-refractivity contribution in [3.05, 3.63) is 0 Å². The van der Waals surface area contributed by atoms with Gasteiger partial charge < -0.3 is 20.1 Å². The summed E-state index contributed by atoms with van der Waals surface area (Å²) in [5.41, 5.74) is 0. The first-order valence-corrected chi connectivity index (χ1v) is 3.77. The molecule has 1 saturated heterocycles. The Labute approximate surface area is 65.4 Å². The number of aliphatic hydroxyl groups is 3. The second-order valence-corrected chi connectivity index (χ2v) is 2.96. The lowest BCUT2D eigenvalue weighted by Gasteiger charge is -2.34. The molecule has 0 aromatic carbocycles. The first-order valence-electron chi connectivity index (χ1n) is 3.77. The van der Waals surface area contributed by atoms with Gasteiger partial charge in [-0.05, 0) is 6.92 Å². The molecule has 0 aromatic heterocycles. The van der Waals surface area contributed by atoms with Crippen LogP contribution in [-0.4, -0.2) is 46.3 Å². The second kappa shape index (κ2) is 3.49. The minimum absolute atomic E-state index is 0.0921. The molecule has 4 atom stereocenters. The summed E-state index contributed by atoms with van der Waals surface area (Å²) in [7, 11) is 0. The fourth-order valence-corrected chi connectivity index (χ4v) is 1.31. The predicted octanol–water partition coefficient (Wildman–Crippen LogP) is -1.12. The van der Waals surface area contributed by atoms with Crippen LogP contribution < -0.4 is 0 Å². The maximum atomic E-state index is 9.22. The summed E-state index contributed by atoms with van der Waals surface area (Å²) in [6.45, 7) is 1.56. The molecule has 0 unspecified atom stereocenters. The van der Waals surface area contributed by atoms with E-state index >= 15 is 0 Å². The van der Waals surface area contributed by atoms with Gasteiger partial charge in [0.25, 0.3) is 0 Å². The van der Waals surface area contributed by atoms with Crippen molar-refractivity contribution in [2.24, 2.45) is 0 Å². The molecule has 0 aliphatic carbocycles. The van der Waals surface area contributed by atoms with Crippen LogP contribution in [0.2, 0.25) is 0 Å². The predicted molar refractivity (Wildman–Crippen MR) is 38.1 cm³/mol. The maximum absolute atomic E-state index is 9.22. The zero-order chi connectivity index (χ0) is 8.43. The molecule has 0 bridgehead atoms. The van der Waals surface area contributed by atoms with Gasteiger partial charge in [-0.25, -0.2) is 0 Å². The van der Waals surface area contributed by atoms with Gasteiger partial charge in [-0.2, -0.15) is 0 Å². The van der Waals surface area contributed by atoms with E-state index in [0.29, 0.717) is 6.42 Å². The molecule has 3 N–H and O–H groups in total. The highest BCUT2D eigenvalue weighted by molar-refractivity contribution is 4.83. The molecule has 1 fully saturated rings. The van der Waals surface area contributed by atoms with E-state index in [-0.39, 0.29) is 12.7 Å². The number of hydrogen-bond acceptors (Lipinski definition) is 4. The number of aliphatic hydroxyl groups excluding tert-OH is 3. The van der Waals surface area contributed by atoms with Gasteiger partial charge in [0, 0.05) is 6.42 Å². The molecule has 4 heteroatoms. The van der Waals surface area contributed by atoms with Gasteiger partial charge in [0.1, 0.15) is 12.2 Å². The molecular formula is C7H14O4. The molecule has 0 aromatic rings. The molecule has 4 nitrogen and oxygen atoms in total. The minimum atomic E-state index is -0.948. The third-order valence-electron chi connectivity index (χ3n) is 1.94. The summed E-state index contributed by atoms with van der Waals surface area (Å²) in [6, 6.07) is 0. The smallest absolute Gasteiger partial charge is 0.109 e. The SMILES string of the molecule is C[C@H]1C[C@@H](O)[C@@H](O)[C@@H](CO)O1. The van der Waals surface area contributed by atoms with E-state index in [9.17, 15) is 10.2 Å². The Kier molecular flexibility index (Phi) is 2.84. The van der Waals surface area contributed by atoms with E-state index < -0.39 is 18.3 Å². The van der Waals surface area contributed by atoms with E-state index in [1.807, 2.05) is 0 Å². The number of hydrogen-bond donors (Lipinski definition) is 3. The first-order chi connectivity index (χ1) is 5.15. The van der Waals surface area contributed by atoms with Gasteiger partial charge in [-0.3, -0.25) is 0 Å². The molecular weight excluding hydrogens is 148 g/mol. The Balaban J connectivity index is 2.51. The lowest BCUT2D eigenvalue weighted by atomic mass is 9.99. The van der Waals surface area contributed by atoms with Crippen LogP contribution in [0.15, 0.2) is 0 Å². The Hall–Kier alpha value is -0.160. The van der Waals surface area contributed by atoms with Crippen LogP contribution >= 0.6 is 0 Å². The van der Waals surface area contributed by atoms with E-state index in [0.717, 1.165) is 0 Å². The van der Waals surface area contributed by atoms with Crippen molar-refractivity contribution >= 4 is 0 Å². The Morgan fingerprint density at radius 1 is 1.45 bits per heavy atom. The molecule has 0 amide bonds. The highest BCUT2D eigenvalue weighted by Crippen LogP contribution is 2.19. The quantitative estimate of drug-likeness (QED) is 0.456. The molecule has 1 rings (SSSR count). The molecule has 1 aliphatic rings. The van der Waals surface area contributed by atoms with Gasteiger partial charge in [0.05, 0.1) is 18.8 Å². The van der Waals surface area contributed by atoms with Crippen LogP contribution in [-0.2, 0) is 4.74 Å². The lowest BCUT2D eigenvalue weighted by molar-refractivity contribution is -0.174. The van der Waals surface area contributed by atoms with E-state index in [2.05, 4.69) is 0 Å². The van der Waals surface area contributed by atoms with Gasteiger partial charge in [0.2, 0.25) is 0 Å². The topological polar surface area (TPSA) is 69.9 Å². The van der Waals surface area contributed by atoms with Gasteiger partial charge >= 0.3 is 0 Å². The zero-order valence-electron chi connectivity index (χ0n) is 6.47. The molecule has 0 radical (unpaired) electrons. The Bertz CT molecular complexity index is 128. The largest absolute Gasteiger partial charge is 0.394 e. The second-order valence-electron chi connectivity index (χ2n) is 2.96. The lowest BCUT2D eigenvalue weighted by Crippen LogP contribution is -2.49. The van der Waals surface area contributed by atoms with Crippen molar-refractivity contribution in [2.75, 3.05) is 6.61 Å². The number of rotatable bonds is 1. The summed E-state index contributed by atoms with van der Waals surface area (Å²) < 4.78 is 5.16. The van der Waals surface area contributed by atoms with Gasteiger partial charge in [-0.1, -0.05) is 0 Å². The molecule has 1 heterocycles. The van der Waals surface area contributed by atoms with E-state index in [1.54, 1.807) is 6.92 Å². The highest BCUT2D eigenvalue weighted by Gasteiger charge is 2.34. The van der Waals surface area contributed by atoms with Crippen molar-refractivity contribution < 1.29 is 20.1 Å². The van der Waals surface area contributed by atoms with Crippen LogP contribution in [0.25, 0.3) is 0 Å².